The van der Waals surface area contributed by atoms with E-state index >= 15 is 0 Å². The van der Waals surface area contributed by atoms with Crippen molar-refractivity contribution < 1.29 is 9.47 Å². The third-order valence-corrected chi connectivity index (χ3v) is 1.74. The molecule has 1 rings (SSSR count). The molecule has 0 aliphatic heterocycles. The predicted molar refractivity (Wildman–Crippen MR) is 58.2 cm³/mol. The number of halogens is 1. The second-order valence-electron chi connectivity index (χ2n) is 2.11. The van der Waals surface area contributed by atoms with Gasteiger partial charge in [0.25, 0.3) is 0 Å². The molecule has 0 aromatic carbocycles. The summed E-state index contributed by atoms with van der Waals surface area (Å²) in [6.07, 6.45) is 3.51. The molecule has 1 heterocycles. The Morgan fingerprint density at radius 1 is 1.38 bits per heavy atom. The van der Waals surface area contributed by atoms with Gasteiger partial charge in [-0.3, -0.25) is 0 Å². The first kappa shape index (κ1) is 10.2. The van der Waals surface area contributed by atoms with E-state index in [-0.39, 0.29) is 0 Å². The van der Waals surface area contributed by atoms with E-state index < -0.39 is 0 Å². The van der Waals surface area contributed by atoms with E-state index in [1.165, 1.54) is 7.11 Å². The van der Waals surface area contributed by atoms with Crippen LogP contribution in [0.1, 0.15) is 5.56 Å². The molecule has 70 valence electrons. The van der Waals surface area contributed by atoms with Crippen molar-refractivity contribution in [3.63, 3.8) is 0 Å². The molecule has 4 nitrogen and oxygen atoms in total. The third-order valence-electron chi connectivity index (χ3n) is 1.38. The van der Waals surface area contributed by atoms with Crippen molar-refractivity contribution in [1.29, 1.82) is 0 Å². The van der Waals surface area contributed by atoms with Gasteiger partial charge in [-0.25, -0.2) is 4.98 Å². The highest BCUT2D eigenvalue weighted by molar-refractivity contribution is 14.1. The molecule has 1 aromatic heterocycles. The highest BCUT2D eigenvalue weighted by Gasteiger charge is 2.04. The van der Waals surface area contributed by atoms with Crippen molar-refractivity contribution >= 4 is 28.7 Å². The van der Waals surface area contributed by atoms with Crippen LogP contribution in [0.25, 0.3) is 6.08 Å². The van der Waals surface area contributed by atoms with Crippen LogP contribution in [0.2, 0.25) is 0 Å². The number of rotatable bonds is 3. The van der Waals surface area contributed by atoms with Crippen LogP contribution in [0.5, 0.6) is 11.9 Å². The quantitative estimate of drug-likeness (QED) is 0.798. The van der Waals surface area contributed by atoms with Gasteiger partial charge in [0, 0.05) is 6.20 Å². The maximum Gasteiger partial charge on any atom is 0.319 e. The Bertz CT molecular complexity index is 315. The van der Waals surface area contributed by atoms with Crippen LogP contribution in [0.3, 0.4) is 0 Å². The molecule has 5 heteroatoms. The van der Waals surface area contributed by atoms with Gasteiger partial charge in [-0.15, -0.1) is 0 Å². The van der Waals surface area contributed by atoms with Gasteiger partial charge in [0.1, 0.15) is 0 Å². The highest BCUT2D eigenvalue weighted by atomic mass is 127. The molecule has 0 unspecified atom stereocenters. The second-order valence-corrected chi connectivity index (χ2v) is 2.83. The van der Waals surface area contributed by atoms with Crippen molar-refractivity contribution in [1.82, 2.24) is 9.97 Å². The standard InChI is InChI=1S/C8H9IN2O2/c1-12-7-6(3-4-9)5-10-8(11-7)13-2/h3-5H,1-2H3/b4-3+. The first-order chi connectivity index (χ1) is 6.31. The summed E-state index contributed by atoms with van der Waals surface area (Å²) in [5.41, 5.74) is 0.831. The molecule has 0 saturated carbocycles. The summed E-state index contributed by atoms with van der Waals surface area (Å²) in [7, 11) is 3.08. The Balaban J connectivity index is 3.07. The van der Waals surface area contributed by atoms with Crippen molar-refractivity contribution in [2.45, 2.75) is 0 Å². The van der Waals surface area contributed by atoms with Crippen molar-refractivity contribution in [2.24, 2.45) is 0 Å². The number of aromatic nitrogens is 2. The average molecular weight is 292 g/mol. The minimum Gasteiger partial charge on any atom is -0.480 e. The second kappa shape index (κ2) is 5.00. The van der Waals surface area contributed by atoms with Gasteiger partial charge in [0.05, 0.1) is 19.8 Å². The summed E-state index contributed by atoms with van der Waals surface area (Å²) in [5, 5.41) is 0. The molecule has 0 spiro atoms. The Hall–Kier alpha value is -0.850. The van der Waals surface area contributed by atoms with E-state index in [9.17, 15) is 0 Å². The zero-order valence-corrected chi connectivity index (χ0v) is 9.48. The van der Waals surface area contributed by atoms with Gasteiger partial charge in [-0.05, 0) is 10.2 Å². The van der Waals surface area contributed by atoms with Crippen LogP contribution >= 0.6 is 22.6 Å². The molecule has 0 atom stereocenters. The minimum absolute atomic E-state index is 0.308. The van der Waals surface area contributed by atoms with Crippen LogP contribution < -0.4 is 9.47 Å². The van der Waals surface area contributed by atoms with Crippen molar-refractivity contribution in [2.75, 3.05) is 14.2 Å². The van der Waals surface area contributed by atoms with Gasteiger partial charge in [0.15, 0.2) is 0 Å². The maximum absolute atomic E-state index is 5.05. The van der Waals surface area contributed by atoms with Crippen LogP contribution in [0.15, 0.2) is 10.3 Å². The van der Waals surface area contributed by atoms with Crippen molar-refractivity contribution in [3.05, 3.63) is 15.8 Å². The zero-order valence-electron chi connectivity index (χ0n) is 7.32. The molecule has 0 bridgehead atoms. The fourth-order valence-electron chi connectivity index (χ4n) is 0.804. The number of hydrogen-bond acceptors (Lipinski definition) is 4. The fraction of sp³-hybridized carbons (Fsp3) is 0.250. The Labute approximate surface area is 90.1 Å². The molecular formula is C8H9IN2O2. The first-order valence-corrected chi connectivity index (χ1v) is 4.78. The van der Waals surface area contributed by atoms with E-state index in [1.807, 2.05) is 10.2 Å². The van der Waals surface area contributed by atoms with Gasteiger partial charge in [-0.2, -0.15) is 4.98 Å². The van der Waals surface area contributed by atoms with Crippen LogP contribution in [-0.2, 0) is 0 Å². The lowest BCUT2D eigenvalue weighted by Crippen LogP contribution is -1.96. The molecule has 0 fully saturated rings. The molecular weight excluding hydrogens is 283 g/mol. The zero-order chi connectivity index (χ0) is 9.68. The Kier molecular flexibility index (Phi) is 3.94. The lowest BCUT2D eigenvalue weighted by molar-refractivity contribution is 0.351. The molecule has 13 heavy (non-hydrogen) atoms. The topological polar surface area (TPSA) is 44.2 Å². The Morgan fingerprint density at radius 3 is 2.69 bits per heavy atom. The van der Waals surface area contributed by atoms with Gasteiger partial charge >= 0.3 is 6.01 Å². The summed E-state index contributed by atoms with van der Waals surface area (Å²) in [5.74, 6) is 0.514. The third kappa shape index (κ3) is 2.55. The largest absolute Gasteiger partial charge is 0.480 e. The smallest absolute Gasteiger partial charge is 0.319 e. The van der Waals surface area contributed by atoms with E-state index in [0.29, 0.717) is 11.9 Å². The van der Waals surface area contributed by atoms with Crippen molar-refractivity contribution in [3.8, 4) is 11.9 Å². The lowest BCUT2D eigenvalue weighted by atomic mass is 10.3. The van der Waals surface area contributed by atoms with Crippen LogP contribution in [-0.4, -0.2) is 24.2 Å². The summed E-state index contributed by atoms with van der Waals surface area (Å²) in [4.78, 5) is 7.97. The summed E-state index contributed by atoms with van der Waals surface area (Å²) >= 11 is 2.12. The first-order valence-electron chi connectivity index (χ1n) is 3.53. The van der Waals surface area contributed by atoms with E-state index in [2.05, 4.69) is 32.6 Å². The van der Waals surface area contributed by atoms with E-state index in [0.717, 1.165) is 5.56 Å². The molecule has 1 aromatic rings. The van der Waals surface area contributed by atoms with Gasteiger partial charge in [0.2, 0.25) is 5.88 Å². The van der Waals surface area contributed by atoms with E-state index in [4.69, 9.17) is 9.47 Å². The SMILES string of the molecule is COc1ncc(/C=C/I)c(OC)n1. The summed E-state index contributed by atoms with van der Waals surface area (Å²) in [6, 6.07) is 0.308. The van der Waals surface area contributed by atoms with Crippen LogP contribution in [0.4, 0.5) is 0 Å². The molecule has 0 amide bonds. The molecule has 0 aliphatic carbocycles. The molecule has 0 aliphatic rings. The summed E-state index contributed by atoms with van der Waals surface area (Å²) < 4.78 is 11.8. The summed E-state index contributed by atoms with van der Waals surface area (Å²) in [6.45, 7) is 0. The molecule has 0 radical (unpaired) electrons. The van der Waals surface area contributed by atoms with Gasteiger partial charge < -0.3 is 9.47 Å². The molecule has 0 N–H and O–H groups in total. The van der Waals surface area contributed by atoms with Crippen LogP contribution in [0, 0.1) is 0 Å². The fourth-order valence-corrected chi connectivity index (χ4v) is 1.19. The molecule has 0 saturated heterocycles. The normalized spacial score (nSPS) is 10.4. The average Bonchev–Trinajstić information content (AvgIpc) is 2.19. The number of nitrogens with zero attached hydrogens (tertiary/aromatic N) is 2. The predicted octanol–water partition coefficient (Wildman–Crippen LogP) is 1.90. The number of ether oxygens (including phenoxy) is 2. The number of hydrogen-bond donors (Lipinski definition) is 0. The van der Waals surface area contributed by atoms with E-state index in [1.54, 1.807) is 13.3 Å². The lowest BCUT2D eigenvalue weighted by Gasteiger charge is -2.03. The van der Waals surface area contributed by atoms with Gasteiger partial charge in [-0.1, -0.05) is 22.6 Å². The monoisotopic (exact) mass is 292 g/mol. The Morgan fingerprint density at radius 2 is 2.15 bits per heavy atom. The number of methoxy groups -OCH3 is 2. The maximum atomic E-state index is 5.05. The highest BCUT2D eigenvalue weighted by Crippen LogP contribution is 2.18. The minimum atomic E-state index is 0.308.